The van der Waals surface area contributed by atoms with E-state index in [0.29, 0.717) is 34.2 Å². The first kappa shape index (κ1) is 43.8. The van der Waals surface area contributed by atoms with E-state index >= 15 is 0 Å². The smallest absolute Gasteiger partial charge is 0.548 e. The van der Waals surface area contributed by atoms with Crippen molar-refractivity contribution in [3.05, 3.63) is 112 Å². The topological polar surface area (TPSA) is 230 Å². The fourth-order valence-electron chi connectivity index (χ4n) is 5.59. The Morgan fingerprint density at radius 1 is 0.732 bits per heavy atom. The second-order valence-corrected chi connectivity index (χ2v) is 12.4. The maximum atomic E-state index is 13.3. The number of benzene rings is 4. The van der Waals surface area contributed by atoms with Crippen LogP contribution < -0.4 is 94.5 Å². The first-order chi connectivity index (χ1) is 26.0. The van der Waals surface area contributed by atoms with Gasteiger partial charge in [-0.2, -0.15) is 10.4 Å². The number of carbonyl (C=O) groups is 3. The van der Waals surface area contributed by atoms with Gasteiger partial charge < -0.3 is 45.0 Å². The molecule has 0 saturated carbocycles. The van der Waals surface area contributed by atoms with Crippen molar-refractivity contribution in [2.24, 2.45) is 0 Å². The molecule has 2 atom stereocenters. The molecule has 6 aromatic rings. The third-order valence-electron chi connectivity index (χ3n) is 8.28. The molecule has 0 bridgehead atoms. The predicted molar refractivity (Wildman–Crippen MR) is 197 cm³/mol. The van der Waals surface area contributed by atoms with E-state index in [0.717, 1.165) is 0 Å². The number of tetrazole rings is 2. The molecule has 4 aromatic carbocycles. The molecule has 4 N–H and O–H groups in total. The molecule has 2 heterocycles. The number of aromatic amines is 2. The van der Waals surface area contributed by atoms with Crippen molar-refractivity contribution in [2.45, 2.75) is 12.1 Å². The monoisotopic (exact) mass is 812 g/mol. The Hall–Kier alpha value is -4.93. The molecule has 22 heteroatoms. The number of carbonyl (C=O) groups excluding carboxylic acids is 3. The third-order valence-corrected chi connectivity index (χ3v) is 8.81. The fraction of sp³-hybridized carbons (Fsp3) is 0.147. The third kappa shape index (κ3) is 10.3. The summed E-state index contributed by atoms with van der Waals surface area (Å²) in [5.74, 6) is -3.48. The molecule has 2 aromatic heterocycles. The zero-order chi connectivity index (χ0) is 38.4. The van der Waals surface area contributed by atoms with E-state index in [1.165, 1.54) is 45.4 Å². The van der Waals surface area contributed by atoms with Gasteiger partial charge in [-0.05, 0) is 91.2 Å². The second kappa shape index (κ2) is 19.8. The van der Waals surface area contributed by atoms with Crippen molar-refractivity contribution in [3.8, 4) is 17.1 Å². The molecule has 56 heavy (non-hydrogen) atoms. The van der Waals surface area contributed by atoms with Crippen LogP contribution in [0.15, 0.2) is 97.1 Å². The molecule has 0 spiro atoms. The van der Waals surface area contributed by atoms with Crippen LogP contribution in [-0.4, -0.2) is 91.2 Å². The zero-order valence-electron chi connectivity index (χ0n) is 30.4. The van der Waals surface area contributed by atoms with Crippen molar-refractivity contribution >= 4 is 65.0 Å². The van der Waals surface area contributed by atoms with Crippen molar-refractivity contribution in [3.63, 3.8) is 0 Å². The van der Waals surface area contributed by atoms with Crippen LogP contribution in [0.1, 0.15) is 10.4 Å². The second-order valence-electron chi connectivity index (χ2n) is 11.7. The first-order valence-electron chi connectivity index (χ1n) is 16.0. The van der Waals surface area contributed by atoms with Crippen LogP contribution in [-0.2, 0) is 9.59 Å². The number of amides is 1. The van der Waals surface area contributed by atoms with Crippen LogP contribution in [0.2, 0.25) is 0 Å². The van der Waals surface area contributed by atoms with E-state index in [-0.39, 0.29) is 86.6 Å². The fourth-order valence-corrected chi connectivity index (χ4v) is 5.97. The number of carboxylic acids is 2. The number of ether oxygens (including phenoxy) is 1. The van der Waals surface area contributed by atoms with Crippen LogP contribution in [0.4, 0.5) is 22.7 Å². The maximum absolute atomic E-state index is 13.3. The molecule has 1 amide bonds. The summed E-state index contributed by atoms with van der Waals surface area (Å²) >= 11 is 10.3. The van der Waals surface area contributed by atoms with E-state index in [1.807, 2.05) is 24.3 Å². The van der Waals surface area contributed by atoms with Crippen molar-refractivity contribution in [1.82, 2.24) is 40.4 Å². The van der Waals surface area contributed by atoms with Crippen LogP contribution in [0.25, 0.3) is 11.4 Å². The quantitative estimate of drug-likeness (QED) is 0.0435. The predicted octanol–water partition coefficient (Wildman–Crippen LogP) is -4.52. The Bertz CT molecular complexity index is 2440. The minimum Gasteiger partial charge on any atom is -0.548 e. The summed E-state index contributed by atoms with van der Waals surface area (Å²) in [7, 11) is 2.82. The molecule has 276 valence electrons. The van der Waals surface area contributed by atoms with Gasteiger partial charge in [0.25, 0.3) is 5.91 Å². The van der Waals surface area contributed by atoms with Crippen molar-refractivity contribution < 1.29 is 88.4 Å². The Morgan fingerprint density at radius 2 is 1.23 bits per heavy atom. The molecule has 0 aliphatic rings. The molecule has 2 unspecified atom stereocenters. The molecule has 6 rings (SSSR count). The van der Waals surface area contributed by atoms with E-state index in [1.54, 1.807) is 60.7 Å². The average molecular weight is 813 g/mol. The zero-order valence-corrected chi connectivity index (χ0v) is 36.1. The number of aromatic nitrogens is 8. The summed E-state index contributed by atoms with van der Waals surface area (Å²) in [4.78, 5) is 41.1. The largest absolute Gasteiger partial charge is 1.00 e. The van der Waals surface area contributed by atoms with Gasteiger partial charge in [0.05, 0.1) is 35.4 Å². The van der Waals surface area contributed by atoms with Crippen molar-refractivity contribution in [1.29, 1.82) is 0 Å². The summed E-state index contributed by atoms with van der Waals surface area (Å²) in [6.45, 7) is 0.0308. The standard InChI is InChI=1S/C34H32N12O6S2.2Na/c1-43(23-10-3-7-20(15-23)30(47)36-22-9-5-13-26(17-22)46-34(54)38-40-42-46)28(31(48)49)29(32(50)51)44(2)24-11-6-14-27(18-24)52-19-35-21-8-4-12-25(16-21)45-33(53)37-39-41-45;;/h3-18,28-29,35H,19H2,1-2H3,(H,36,47)(H,48,49)(H,50,51)(H,37,41,53)(H,38,42,54);;/q;2*+1/p-2. The molecule has 0 aliphatic heterocycles. The number of nitrogens with one attached hydrogen (secondary N) is 4. The summed E-state index contributed by atoms with van der Waals surface area (Å²) < 4.78 is 9.31. The number of H-pyrrole nitrogens is 2. The Labute approximate surface area is 373 Å². The number of likely N-dealkylation sites (N-methyl/N-ethyl adjacent to an activating group) is 2. The van der Waals surface area contributed by atoms with Crippen LogP contribution in [0.5, 0.6) is 5.75 Å². The number of anilines is 4. The van der Waals surface area contributed by atoms with Crippen molar-refractivity contribution in [2.75, 3.05) is 41.3 Å². The number of hydrogen-bond acceptors (Lipinski definition) is 15. The van der Waals surface area contributed by atoms with Gasteiger partial charge in [-0.15, -0.1) is 0 Å². The minimum atomic E-state index is -1.76. The Balaban J connectivity index is 0.00000348. The maximum Gasteiger partial charge on any atom is 1.00 e. The van der Waals surface area contributed by atoms with E-state index in [4.69, 9.17) is 29.2 Å². The van der Waals surface area contributed by atoms with Gasteiger partial charge in [0.2, 0.25) is 9.54 Å². The molecule has 0 fully saturated rings. The van der Waals surface area contributed by atoms with E-state index < -0.39 is 29.9 Å². The number of hydrogen-bond donors (Lipinski definition) is 4. The van der Waals surface area contributed by atoms with E-state index in [2.05, 4.69) is 41.7 Å². The van der Waals surface area contributed by atoms with Crippen LogP contribution in [0.3, 0.4) is 0 Å². The van der Waals surface area contributed by atoms with Gasteiger partial charge in [-0.3, -0.25) is 4.79 Å². The summed E-state index contributed by atoms with van der Waals surface area (Å²) in [5.41, 5.74) is 3.15. The summed E-state index contributed by atoms with van der Waals surface area (Å²) in [5, 5.41) is 51.4. The average Bonchev–Trinajstić information content (AvgIpc) is 3.81. The Kier molecular flexibility index (Phi) is 15.5. The molecular formula is C34H30N12Na2O6S2. The molecule has 18 nitrogen and oxygen atoms in total. The van der Waals surface area contributed by atoms with Gasteiger partial charge in [0.15, 0.2) is 6.73 Å². The van der Waals surface area contributed by atoms with Crippen LogP contribution >= 0.6 is 24.4 Å². The number of nitrogens with zero attached hydrogens (tertiary/aromatic N) is 8. The SMILES string of the molecule is CN(c1cccc(OCNc2cccc(-n3[nH]nnc3=S)c2)c1)C(C(=O)[O-])C(C(=O)[O-])N(C)c1cccc(C(=O)Nc2cccc(-n3[nH]nnc3=S)c2)c1.[Na+].[Na+]. The Morgan fingerprint density at radius 3 is 1.77 bits per heavy atom. The van der Waals surface area contributed by atoms with Gasteiger partial charge >= 0.3 is 59.1 Å². The summed E-state index contributed by atoms with van der Waals surface area (Å²) in [6.07, 6.45) is 0. The molecule has 0 saturated heterocycles. The minimum absolute atomic E-state index is 0. The normalized spacial score (nSPS) is 11.5. The molecule has 0 radical (unpaired) electrons. The van der Waals surface area contributed by atoms with E-state index in [9.17, 15) is 24.6 Å². The van der Waals surface area contributed by atoms with Crippen LogP contribution in [0, 0.1) is 9.54 Å². The number of aliphatic carboxylic acids is 2. The van der Waals surface area contributed by atoms with Gasteiger partial charge in [0.1, 0.15) is 5.75 Å². The van der Waals surface area contributed by atoms with Gasteiger partial charge in [-0.25, -0.2) is 9.36 Å². The number of carboxylic acid groups (broad SMARTS) is 2. The molecular weight excluding hydrogens is 783 g/mol. The summed E-state index contributed by atoms with van der Waals surface area (Å²) in [6, 6.07) is 23.1. The first-order valence-corrected chi connectivity index (χ1v) is 16.8. The number of rotatable bonds is 15. The van der Waals surface area contributed by atoms with Gasteiger partial charge in [-0.1, -0.05) is 44.9 Å². The van der Waals surface area contributed by atoms with Gasteiger partial charge in [0, 0.05) is 48.5 Å². The molecule has 0 aliphatic carbocycles.